The Labute approximate surface area is 187 Å². The van der Waals surface area contributed by atoms with Crippen LogP contribution in [0.4, 0.5) is 5.69 Å². The zero-order valence-corrected chi connectivity index (χ0v) is 18.1. The minimum absolute atomic E-state index is 0.0470. The molecule has 1 atom stereocenters. The van der Waals surface area contributed by atoms with Gasteiger partial charge in [0, 0.05) is 12.0 Å². The Hall–Kier alpha value is -3.93. The number of ketones is 1. The summed E-state index contributed by atoms with van der Waals surface area (Å²) in [5, 5.41) is 5.69. The molecule has 0 bridgehead atoms. The highest BCUT2D eigenvalue weighted by molar-refractivity contribution is 6.04. The summed E-state index contributed by atoms with van der Waals surface area (Å²) in [6.45, 7) is 3.48. The Kier molecular flexibility index (Phi) is 7.75. The van der Waals surface area contributed by atoms with Crippen molar-refractivity contribution in [2.75, 3.05) is 11.9 Å². The van der Waals surface area contributed by atoms with Crippen molar-refractivity contribution in [3.05, 3.63) is 95.6 Å². The summed E-state index contributed by atoms with van der Waals surface area (Å²) < 4.78 is 5.51. The van der Waals surface area contributed by atoms with E-state index in [-0.39, 0.29) is 24.3 Å². The van der Waals surface area contributed by atoms with Crippen LogP contribution in [0.5, 0.6) is 5.75 Å². The number of benzene rings is 3. The Morgan fingerprint density at radius 2 is 1.53 bits per heavy atom. The summed E-state index contributed by atoms with van der Waals surface area (Å²) in [6, 6.07) is 22.9. The lowest BCUT2D eigenvalue weighted by atomic mass is 10.1. The summed E-state index contributed by atoms with van der Waals surface area (Å²) in [5.74, 6) is -0.148. The van der Waals surface area contributed by atoms with Gasteiger partial charge in [0.25, 0.3) is 11.8 Å². The Morgan fingerprint density at radius 3 is 2.22 bits per heavy atom. The number of carbonyl (C=O) groups is 3. The van der Waals surface area contributed by atoms with Crippen molar-refractivity contribution in [3.8, 4) is 5.75 Å². The molecule has 0 aromatic heterocycles. The van der Waals surface area contributed by atoms with Gasteiger partial charge in [0.2, 0.25) is 0 Å². The second kappa shape index (κ2) is 10.9. The van der Waals surface area contributed by atoms with Crippen molar-refractivity contribution in [1.82, 2.24) is 5.32 Å². The van der Waals surface area contributed by atoms with Gasteiger partial charge in [-0.1, -0.05) is 49.4 Å². The number of nitrogens with one attached hydrogen (secondary N) is 2. The molecule has 0 radical (unpaired) electrons. The molecule has 0 aliphatic carbocycles. The summed E-state index contributed by atoms with van der Waals surface area (Å²) in [4.78, 5) is 36.9. The molecule has 1 unspecified atom stereocenters. The molecule has 0 saturated heterocycles. The fraction of sp³-hybridized carbons (Fsp3) is 0.192. The second-order valence-electron chi connectivity index (χ2n) is 7.29. The van der Waals surface area contributed by atoms with Crippen molar-refractivity contribution >= 4 is 23.3 Å². The summed E-state index contributed by atoms with van der Waals surface area (Å²) in [7, 11) is 0. The molecule has 3 aromatic carbocycles. The quantitative estimate of drug-likeness (QED) is 0.478. The first-order valence-corrected chi connectivity index (χ1v) is 10.5. The number of carbonyl (C=O) groups excluding carboxylic acids is 3. The molecule has 0 aliphatic heterocycles. The smallest absolute Gasteiger partial charge is 0.262 e. The lowest BCUT2D eigenvalue weighted by molar-refractivity contribution is -0.118. The van der Waals surface area contributed by atoms with Crippen LogP contribution in [0.3, 0.4) is 0 Å². The number of amides is 2. The van der Waals surface area contributed by atoms with Crippen molar-refractivity contribution in [3.63, 3.8) is 0 Å². The highest BCUT2D eigenvalue weighted by Crippen LogP contribution is 2.18. The molecule has 6 heteroatoms. The molecular formula is C26H26N2O4. The average Bonchev–Trinajstić information content (AvgIpc) is 2.83. The van der Waals surface area contributed by atoms with Crippen molar-refractivity contribution < 1.29 is 19.1 Å². The molecule has 32 heavy (non-hydrogen) atoms. The summed E-state index contributed by atoms with van der Waals surface area (Å²) >= 11 is 0. The topological polar surface area (TPSA) is 84.5 Å². The van der Waals surface area contributed by atoms with E-state index in [9.17, 15) is 14.4 Å². The average molecular weight is 431 g/mol. The third-order valence-corrected chi connectivity index (χ3v) is 4.96. The van der Waals surface area contributed by atoms with Gasteiger partial charge in [-0.2, -0.15) is 0 Å². The number of hydrogen-bond donors (Lipinski definition) is 2. The summed E-state index contributed by atoms with van der Waals surface area (Å²) in [6.07, 6.45) is 0.430. The zero-order valence-electron chi connectivity index (χ0n) is 18.1. The van der Waals surface area contributed by atoms with Crippen LogP contribution in [0.25, 0.3) is 0 Å². The van der Waals surface area contributed by atoms with E-state index in [0.29, 0.717) is 29.0 Å². The van der Waals surface area contributed by atoms with Crippen LogP contribution in [-0.2, 0) is 4.79 Å². The first kappa shape index (κ1) is 22.7. The zero-order chi connectivity index (χ0) is 22.9. The van der Waals surface area contributed by atoms with E-state index in [1.54, 1.807) is 55.5 Å². The maximum absolute atomic E-state index is 12.8. The molecule has 2 amide bonds. The van der Waals surface area contributed by atoms with E-state index in [2.05, 4.69) is 10.6 Å². The second-order valence-corrected chi connectivity index (χ2v) is 7.29. The van der Waals surface area contributed by atoms with Crippen LogP contribution in [0, 0.1) is 0 Å². The predicted molar refractivity (Wildman–Crippen MR) is 124 cm³/mol. The number of ether oxygens (including phenoxy) is 1. The Morgan fingerprint density at radius 1 is 0.875 bits per heavy atom. The summed E-state index contributed by atoms with van der Waals surface area (Å²) in [5.41, 5.74) is 2.37. The van der Waals surface area contributed by atoms with Gasteiger partial charge in [0.05, 0.1) is 17.3 Å². The number of Topliss-reactive ketones (excluding diaryl/α,β-unsaturated/α-hetero) is 1. The van der Waals surface area contributed by atoms with E-state index in [1.807, 2.05) is 37.3 Å². The molecule has 2 N–H and O–H groups in total. The van der Waals surface area contributed by atoms with Crippen molar-refractivity contribution in [1.29, 1.82) is 0 Å². The van der Waals surface area contributed by atoms with Gasteiger partial charge in [-0.05, 0) is 48.9 Å². The maximum atomic E-state index is 12.8. The van der Waals surface area contributed by atoms with Crippen LogP contribution in [0.1, 0.15) is 52.6 Å². The minimum atomic E-state index is -0.393. The van der Waals surface area contributed by atoms with Crippen molar-refractivity contribution in [2.24, 2.45) is 0 Å². The molecule has 0 fully saturated rings. The fourth-order valence-electron chi connectivity index (χ4n) is 3.17. The molecular weight excluding hydrogens is 404 g/mol. The third kappa shape index (κ3) is 6.04. The van der Waals surface area contributed by atoms with Gasteiger partial charge < -0.3 is 15.4 Å². The first-order valence-electron chi connectivity index (χ1n) is 10.5. The SMILES string of the molecule is CCC(=O)c1ccc(OCC(=O)Nc2ccccc2C(=O)NC(C)c2ccccc2)cc1. The van der Waals surface area contributed by atoms with Crippen LogP contribution in [-0.4, -0.2) is 24.2 Å². The lowest BCUT2D eigenvalue weighted by Gasteiger charge is -2.16. The van der Waals surface area contributed by atoms with Gasteiger partial charge in [-0.3, -0.25) is 14.4 Å². The minimum Gasteiger partial charge on any atom is -0.484 e. The molecule has 164 valence electrons. The molecule has 3 rings (SSSR count). The van der Waals surface area contributed by atoms with Crippen LogP contribution in [0.2, 0.25) is 0 Å². The molecule has 0 aliphatic rings. The number of para-hydroxylation sites is 1. The van der Waals surface area contributed by atoms with Gasteiger partial charge in [-0.15, -0.1) is 0 Å². The van der Waals surface area contributed by atoms with Crippen molar-refractivity contribution in [2.45, 2.75) is 26.3 Å². The Balaban J connectivity index is 1.59. The van der Waals surface area contributed by atoms with E-state index < -0.39 is 5.91 Å². The van der Waals surface area contributed by atoms with Crippen LogP contribution < -0.4 is 15.4 Å². The number of anilines is 1. The Bertz CT molecular complexity index is 1080. The van der Waals surface area contributed by atoms with Gasteiger partial charge >= 0.3 is 0 Å². The van der Waals surface area contributed by atoms with Gasteiger partial charge in [0.1, 0.15) is 5.75 Å². The van der Waals surface area contributed by atoms with Crippen LogP contribution >= 0.6 is 0 Å². The molecule has 3 aromatic rings. The number of rotatable bonds is 9. The first-order chi connectivity index (χ1) is 15.5. The number of hydrogen-bond acceptors (Lipinski definition) is 4. The van der Waals surface area contributed by atoms with E-state index >= 15 is 0 Å². The van der Waals surface area contributed by atoms with Gasteiger partial charge in [-0.25, -0.2) is 0 Å². The van der Waals surface area contributed by atoms with Crippen LogP contribution in [0.15, 0.2) is 78.9 Å². The predicted octanol–water partition coefficient (Wildman–Crippen LogP) is 4.79. The molecule has 0 heterocycles. The van der Waals surface area contributed by atoms with Gasteiger partial charge in [0.15, 0.2) is 12.4 Å². The molecule has 0 saturated carbocycles. The maximum Gasteiger partial charge on any atom is 0.262 e. The molecule has 6 nitrogen and oxygen atoms in total. The monoisotopic (exact) mass is 430 g/mol. The van der Waals surface area contributed by atoms with E-state index in [1.165, 1.54) is 0 Å². The third-order valence-electron chi connectivity index (χ3n) is 4.96. The van der Waals surface area contributed by atoms with E-state index in [0.717, 1.165) is 5.56 Å². The fourth-order valence-corrected chi connectivity index (χ4v) is 3.17. The van der Waals surface area contributed by atoms with E-state index in [4.69, 9.17) is 4.74 Å². The highest BCUT2D eigenvalue weighted by atomic mass is 16.5. The molecule has 0 spiro atoms. The largest absolute Gasteiger partial charge is 0.484 e. The normalized spacial score (nSPS) is 11.3. The lowest BCUT2D eigenvalue weighted by Crippen LogP contribution is -2.28. The highest BCUT2D eigenvalue weighted by Gasteiger charge is 2.16. The standard InChI is InChI=1S/C26H26N2O4/c1-3-24(29)20-13-15-21(16-14-20)32-17-25(30)28-23-12-8-7-11-22(23)26(31)27-18(2)19-9-5-4-6-10-19/h4-16,18H,3,17H2,1-2H3,(H,27,31)(H,28,30).